The molecule has 1 aromatic heterocycles. The van der Waals surface area contributed by atoms with Crippen LogP contribution in [-0.2, 0) is 13.5 Å². The van der Waals surface area contributed by atoms with Crippen LogP contribution in [0.1, 0.15) is 37.6 Å². The molecule has 2 rings (SSSR count). The van der Waals surface area contributed by atoms with Crippen molar-refractivity contribution in [1.82, 2.24) is 15.1 Å². The van der Waals surface area contributed by atoms with Crippen molar-refractivity contribution >= 4 is 11.6 Å². The highest BCUT2D eigenvalue weighted by Crippen LogP contribution is 2.31. The maximum atomic E-state index is 6.31. The molecular formula is C13H22ClN3. The first-order valence-corrected chi connectivity index (χ1v) is 6.92. The van der Waals surface area contributed by atoms with Crippen molar-refractivity contribution in [2.75, 3.05) is 6.54 Å². The summed E-state index contributed by atoms with van der Waals surface area (Å²) in [5, 5.41) is 8.83. The Labute approximate surface area is 109 Å². The van der Waals surface area contributed by atoms with Crippen molar-refractivity contribution in [2.45, 2.75) is 45.6 Å². The number of nitrogens with zero attached hydrogens (tertiary/aromatic N) is 2. The zero-order valence-electron chi connectivity index (χ0n) is 11.0. The van der Waals surface area contributed by atoms with Crippen LogP contribution in [0.4, 0.5) is 0 Å². The SMILES string of the molecule is CCNC1CCCC1Cc1c(Cl)c(C)nn1C. The standard InChI is InChI=1S/C13H22ClN3/c1-4-15-11-7-5-6-10(11)8-12-13(14)9(2)16-17(12)3/h10-11,15H,4-8H2,1-3H3. The highest BCUT2D eigenvalue weighted by atomic mass is 35.5. The molecular weight excluding hydrogens is 234 g/mol. The molecule has 96 valence electrons. The number of halogens is 1. The molecule has 1 aromatic rings. The van der Waals surface area contributed by atoms with E-state index in [1.807, 2.05) is 18.7 Å². The van der Waals surface area contributed by atoms with Crippen molar-refractivity contribution < 1.29 is 0 Å². The summed E-state index contributed by atoms with van der Waals surface area (Å²) in [5.74, 6) is 0.710. The molecule has 1 N–H and O–H groups in total. The lowest BCUT2D eigenvalue weighted by Gasteiger charge is -2.20. The summed E-state index contributed by atoms with van der Waals surface area (Å²) >= 11 is 6.31. The number of hydrogen-bond acceptors (Lipinski definition) is 2. The Balaban J connectivity index is 2.09. The third-order valence-electron chi connectivity index (χ3n) is 3.84. The fourth-order valence-electron chi connectivity index (χ4n) is 2.96. The Bertz CT molecular complexity index is 386. The third kappa shape index (κ3) is 2.66. The van der Waals surface area contributed by atoms with Crippen LogP contribution in [0.3, 0.4) is 0 Å². The van der Waals surface area contributed by atoms with E-state index < -0.39 is 0 Å². The highest BCUT2D eigenvalue weighted by Gasteiger charge is 2.28. The van der Waals surface area contributed by atoms with Crippen molar-refractivity contribution in [3.63, 3.8) is 0 Å². The van der Waals surface area contributed by atoms with Crippen LogP contribution in [-0.4, -0.2) is 22.4 Å². The van der Waals surface area contributed by atoms with Gasteiger partial charge >= 0.3 is 0 Å². The van der Waals surface area contributed by atoms with Gasteiger partial charge in [-0.3, -0.25) is 4.68 Å². The Morgan fingerprint density at radius 1 is 1.47 bits per heavy atom. The van der Waals surface area contributed by atoms with Gasteiger partial charge in [0, 0.05) is 13.1 Å². The average Bonchev–Trinajstić information content (AvgIpc) is 2.81. The molecule has 0 aliphatic heterocycles. The third-order valence-corrected chi connectivity index (χ3v) is 4.33. The first kappa shape index (κ1) is 12.9. The minimum atomic E-state index is 0.659. The molecule has 1 aliphatic carbocycles. The molecule has 17 heavy (non-hydrogen) atoms. The molecule has 2 unspecified atom stereocenters. The van der Waals surface area contributed by atoms with Gasteiger partial charge in [0.15, 0.2) is 0 Å². The highest BCUT2D eigenvalue weighted by molar-refractivity contribution is 6.31. The van der Waals surface area contributed by atoms with Crippen LogP contribution in [0.5, 0.6) is 0 Å². The maximum Gasteiger partial charge on any atom is 0.0847 e. The number of aromatic nitrogens is 2. The van der Waals surface area contributed by atoms with E-state index in [1.165, 1.54) is 25.0 Å². The smallest absolute Gasteiger partial charge is 0.0847 e. The molecule has 4 heteroatoms. The fourth-order valence-corrected chi connectivity index (χ4v) is 3.20. The Hall–Kier alpha value is -0.540. The van der Waals surface area contributed by atoms with Gasteiger partial charge in [-0.25, -0.2) is 0 Å². The second-order valence-electron chi connectivity index (χ2n) is 5.03. The summed E-state index contributed by atoms with van der Waals surface area (Å²) in [5.41, 5.74) is 2.14. The van der Waals surface area contributed by atoms with Gasteiger partial charge < -0.3 is 5.32 Å². The van der Waals surface area contributed by atoms with Gasteiger partial charge in [0.25, 0.3) is 0 Å². The molecule has 1 heterocycles. The van der Waals surface area contributed by atoms with Crippen LogP contribution >= 0.6 is 11.6 Å². The summed E-state index contributed by atoms with van der Waals surface area (Å²) < 4.78 is 1.94. The van der Waals surface area contributed by atoms with Crippen LogP contribution < -0.4 is 5.32 Å². The largest absolute Gasteiger partial charge is 0.314 e. The molecule has 0 aromatic carbocycles. The first-order valence-electron chi connectivity index (χ1n) is 6.54. The summed E-state index contributed by atoms with van der Waals surface area (Å²) in [6, 6.07) is 0.659. The van der Waals surface area contributed by atoms with Crippen molar-refractivity contribution in [3.05, 3.63) is 16.4 Å². The van der Waals surface area contributed by atoms with Gasteiger partial charge in [-0.15, -0.1) is 0 Å². The number of rotatable bonds is 4. The van der Waals surface area contributed by atoms with Gasteiger partial charge in [0.05, 0.1) is 16.4 Å². The lowest BCUT2D eigenvalue weighted by molar-refractivity contribution is 0.398. The predicted octanol–water partition coefficient (Wildman–Crippen LogP) is 2.70. The van der Waals surface area contributed by atoms with Gasteiger partial charge in [-0.05, 0) is 38.6 Å². The second-order valence-corrected chi connectivity index (χ2v) is 5.41. The zero-order chi connectivity index (χ0) is 12.4. The summed E-state index contributed by atoms with van der Waals surface area (Å²) in [6.45, 7) is 5.21. The van der Waals surface area contributed by atoms with Crippen LogP contribution in [0, 0.1) is 12.8 Å². The molecule has 0 spiro atoms. The van der Waals surface area contributed by atoms with E-state index in [2.05, 4.69) is 17.3 Å². The van der Waals surface area contributed by atoms with Gasteiger partial charge in [0.1, 0.15) is 0 Å². The normalized spacial score (nSPS) is 24.5. The molecule has 1 aliphatic rings. The number of aryl methyl sites for hydroxylation is 2. The fraction of sp³-hybridized carbons (Fsp3) is 0.769. The minimum absolute atomic E-state index is 0.659. The van der Waals surface area contributed by atoms with Crippen LogP contribution in [0.2, 0.25) is 5.02 Å². The van der Waals surface area contributed by atoms with Crippen molar-refractivity contribution in [2.24, 2.45) is 13.0 Å². The number of hydrogen-bond donors (Lipinski definition) is 1. The summed E-state index contributed by atoms with van der Waals surface area (Å²) in [4.78, 5) is 0. The molecule has 0 radical (unpaired) electrons. The minimum Gasteiger partial charge on any atom is -0.314 e. The lowest BCUT2D eigenvalue weighted by Crippen LogP contribution is -2.33. The first-order chi connectivity index (χ1) is 8.13. The molecule has 3 nitrogen and oxygen atoms in total. The van der Waals surface area contributed by atoms with E-state index in [0.717, 1.165) is 23.7 Å². The molecule has 1 fully saturated rings. The Morgan fingerprint density at radius 2 is 2.24 bits per heavy atom. The predicted molar refractivity (Wildman–Crippen MR) is 71.5 cm³/mol. The van der Waals surface area contributed by atoms with Crippen LogP contribution in [0.25, 0.3) is 0 Å². The molecule has 0 saturated heterocycles. The number of nitrogens with one attached hydrogen (secondary N) is 1. The van der Waals surface area contributed by atoms with Crippen molar-refractivity contribution in [1.29, 1.82) is 0 Å². The van der Waals surface area contributed by atoms with Gasteiger partial charge in [-0.2, -0.15) is 5.10 Å². The van der Waals surface area contributed by atoms with E-state index in [-0.39, 0.29) is 0 Å². The van der Waals surface area contributed by atoms with Gasteiger partial charge in [0.2, 0.25) is 0 Å². The average molecular weight is 256 g/mol. The molecule has 0 bridgehead atoms. The molecule has 1 saturated carbocycles. The van der Waals surface area contributed by atoms with E-state index in [0.29, 0.717) is 12.0 Å². The monoisotopic (exact) mass is 255 g/mol. The Kier molecular flexibility index (Phi) is 4.10. The summed E-state index contributed by atoms with van der Waals surface area (Å²) in [7, 11) is 1.99. The maximum absolute atomic E-state index is 6.31. The van der Waals surface area contributed by atoms with Gasteiger partial charge in [-0.1, -0.05) is 24.9 Å². The van der Waals surface area contributed by atoms with Crippen molar-refractivity contribution in [3.8, 4) is 0 Å². The van der Waals surface area contributed by atoms with E-state index in [4.69, 9.17) is 11.6 Å². The molecule has 2 atom stereocenters. The van der Waals surface area contributed by atoms with Crippen LogP contribution in [0.15, 0.2) is 0 Å². The summed E-state index contributed by atoms with van der Waals surface area (Å²) in [6.07, 6.45) is 4.98. The van der Waals surface area contributed by atoms with E-state index >= 15 is 0 Å². The van der Waals surface area contributed by atoms with E-state index in [9.17, 15) is 0 Å². The molecule has 0 amide bonds. The lowest BCUT2D eigenvalue weighted by atomic mass is 9.97. The topological polar surface area (TPSA) is 29.9 Å². The zero-order valence-corrected chi connectivity index (χ0v) is 11.7. The Morgan fingerprint density at radius 3 is 2.82 bits per heavy atom. The van der Waals surface area contributed by atoms with E-state index in [1.54, 1.807) is 0 Å². The second kappa shape index (κ2) is 5.40. The quantitative estimate of drug-likeness (QED) is 0.897.